The quantitative estimate of drug-likeness (QED) is 0.811. The molecule has 0 aliphatic carbocycles. The number of nitrogens with one attached hydrogen (secondary N) is 1. The predicted octanol–water partition coefficient (Wildman–Crippen LogP) is 0.794. The number of anilines is 1. The maximum absolute atomic E-state index is 5.98. The fourth-order valence-electron chi connectivity index (χ4n) is 1.09. The van der Waals surface area contributed by atoms with Crippen LogP contribution in [0.3, 0.4) is 0 Å². The van der Waals surface area contributed by atoms with E-state index in [9.17, 15) is 0 Å². The average Bonchev–Trinajstić information content (AvgIpc) is 2.26. The second-order valence-electron chi connectivity index (χ2n) is 3.05. The molecule has 0 aliphatic heterocycles. The van der Waals surface area contributed by atoms with E-state index >= 15 is 0 Å². The van der Waals surface area contributed by atoms with Gasteiger partial charge in [0.05, 0.1) is 13.3 Å². The van der Waals surface area contributed by atoms with E-state index < -0.39 is 0 Å². The predicted molar refractivity (Wildman–Crippen MR) is 60.8 cm³/mol. The Morgan fingerprint density at radius 2 is 2.33 bits per heavy atom. The van der Waals surface area contributed by atoms with Crippen LogP contribution in [-0.4, -0.2) is 44.3 Å². The van der Waals surface area contributed by atoms with Crippen LogP contribution in [0.5, 0.6) is 6.01 Å². The fraction of sp³-hybridized carbons (Fsp3) is 0.556. The Morgan fingerprint density at radius 1 is 1.60 bits per heavy atom. The van der Waals surface area contributed by atoms with Crippen molar-refractivity contribution in [3.8, 4) is 6.01 Å². The maximum atomic E-state index is 5.98. The Hall–Kier alpha value is -1.07. The summed E-state index contributed by atoms with van der Waals surface area (Å²) in [7, 11) is 5.35. The molecular weight excluding hydrogens is 216 g/mol. The Labute approximate surface area is 94.4 Å². The van der Waals surface area contributed by atoms with Gasteiger partial charge >= 0.3 is 6.01 Å². The normalized spacial score (nSPS) is 10.1. The molecule has 0 bridgehead atoms. The molecule has 84 valence electrons. The SMILES string of the molecule is CNCCN(C)c1nc(OC)ncc1Cl. The fourth-order valence-corrected chi connectivity index (χ4v) is 1.33. The Kier molecular flexibility index (Phi) is 4.58. The zero-order chi connectivity index (χ0) is 11.3. The molecule has 1 aromatic heterocycles. The van der Waals surface area contributed by atoms with Gasteiger partial charge in [0.2, 0.25) is 0 Å². The number of likely N-dealkylation sites (N-methyl/N-ethyl adjacent to an activating group) is 2. The van der Waals surface area contributed by atoms with Gasteiger partial charge in [-0.05, 0) is 7.05 Å². The average molecular weight is 231 g/mol. The Morgan fingerprint density at radius 3 is 2.93 bits per heavy atom. The topological polar surface area (TPSA) is 50.3 Å². The maximum Gasteiger partial charge on any atom is 0.318 e. The molecule has 0 aliphatic rings. The van der Waals surface area contributed by atoms with Crippen molar-refractivity contribution in [1.82, 2.24) is 15.3 Å². The molecule has 0 aromatic carbocycles. The molecule has 6 heteroatoms. The second-order valence-corrected chi connectivity index (χ2v) is 3.46. The highest BCUT2D eigenvalue weighted by molar-refractivity contribution is 6.32. The first-order chi connectivity index (χ1) is 7.19. The molecule has 0 atom stereocenters. The summed E-state index contributed by atoms with van der Waals surface area (Å²) in [4.78, 5) is 10.0. The van der Waals surface area contributed by atoms with Crippen molar-refractivity contribution in [2.45, 2.75) is 0 Å². The summed E-state index contributed by atoms with van der Waals surface area (Å²) in [6.45, 7) is 1.68. The van der Waals surface area contributed by atoms with Crippen molar-refractivity contribution in [1.29, 1.82) is 0 Å². The number of nitrogens with zero attached hydrogens (tertiary/aromatic N) is 3. The van der Waals surface area contributed by atoms with Gasteiger partial charge in [0, 0.05) is 20.1 Å². The van der Waals surface area contributed by atoms with Crippen molar-refractivity contribution < 1.29 is 4.74 Å². The number of hydrogen-bond acceptors (Lipinski definition) is 5. The Bertz CT molecular complexity index is 321. The second kappa shape index (κ2) is 5.72. The lowest BCUT2D eigenvalue weighted by Crippen LogP contribution is -2.28. The Balaban J connectivity index is 2.81. The van der Waals surface area contributed by atoms with Crippen molar-refractivity contribution in [2.75, 3.05) is 39.2 Å². The molecule has 0 saturated carbocycles. The van der Waals surface area contributed by atoms with E-state index in [1.54, 1.807) is 6.20 Å². The number of methoxy groups -OCH3 is 1. The standard InChI is InChI=1S/C9H15ClN4O/c1-11-4-5-14(2)8-7(10)6-12-9(13-8)15-3/h6,11H,4-5H2,1-3H3. The van der Waals surface area contributed by atoms with Crippen LogP contribution in [0.15, 0.2) is 6.20 Å². The van der Waals surface area contributed by atoms with Crippen LogP contribution in [-0.2, 0) is 0 Å². The van der Waals surface area contributed by atoms with E-state index in [4.69, 9.17) is 16.3 Å². The minimum Gasteiger partial charge on any atom is -0.467 e. The van der Waals surface area contributed by atoms with Crippen molar-refractivity contribution in [2.24, 2.45) is 0 Å². The molecule has 0 unspecified atom stereocenters. The van der Waals surface area contributed by atoms with E-state index in [2.05, 4.69) is 15.3 Å². The molecule has 15 heavy (non-hydrogen) atoms. The molecule has 0 spiro atoms. The minimum absolute atomic E-state index is 0.325. The highest BCUT2D eigenvalue weighted by Gasteiger charge is 2.09. The van der Waals surface area contributed by atoms with Gasteiger partial charge in [-0.15, -0.1) is 0 Å². The van der Waals surface area contributed by atoms with Crippen LogP contribution in [0, 0.1) is 0 Å². The molecule has 1 rings (SSSR count). The first-order valence-corrected chi connectivity index (χ1v) is 4.99. The van der Waals surface area contributed by atoms with Crippen molar-refractivity contribution in [3.63, 3.8) is 0 Å². The summed E-state index contributed by atoms with van der Waals surface area (Å²) in [5, 5.41) is 3.58. The zero-order valence-corrected chi connectivity index (χ0v) is 9.88. The van der Waals surface area contributed by atoms with Crippen molar-refractivity contribution >= 4 is 17.4 Å². The molecule has 0 amide bonds. The van der Waals surface area contributed by atoms with Crippen LogP contribution >= 0.6 is 11.6 Å². The van der Waals surface area contributed by atoms with E-state index in [0.29, 0.717) is 16.9 Å². The number of rotatable bonds is 5. The smallest absolute Gasteiger partial charge is 0.318 e. The van der Waals surface area contributed by atoms with Gasteiger partial charge < -0.3 is 15.0 Å². The number of aromatic nitrogens is 2. The molecule has 1 N–H and O–H groups in total. The third kappa shape index (κ3) is 3.21. The van der Waals surface area contributed by atoms with Crippen LogP contribution in [0.25, 0.3) is 0 Å². The molecule has 0 saturated heterocycles. The van der Waals surface area contributed by atoms with Gasteiger partial charge in [-0.3, -0.25) is 0 Å². The van der Waals surface area contributed by atoms with Crippen molar-refractivity contribution in [3.05, 3.63) is 11.2 Å². The third-order valence-corrected chi connectivity index (χ3v) is 2.21. The van der Waals surface area contributed by atoms with Gasteiger partial charge in [-0.2, -0.15) is 4.98 Å². The van der Waals surface area contributed by atoms with Crippen LogP contribution in [0.1, 0.15) is 0 Å². The van der Waals surface area contributed by atoms with Crippen LogP contribution < -0.4 is 15.0 Å². The van der Waals surface area contributed by atoms with E-state index in [1.807, 2.05) is 19.0 Å². The molecule has 0 fully saturated rings. The summed E-state index contributed by atoms with van der Waals surface area (Å²) < 4.78 is 4.94. The van der Waals surface area contributed by atoms with E-state index in [0.717, 1.165) is 13.1 Å². The minimum atomic E-state index is 0.325. The molecule has 1 heterocycles. The van der Waals surface area contributed by atoms with Gasteiger partial charge in [0.15, 0.2) is 5.82 Å². The molecule has 1 aromatic rings. The first kappa shape index (κ1) is 12.0. The largest absolute Gasteiger partial charge is 0.467 e. The van der Waals surface area contributed by atoms with Gasteiger partial charge in [-0.1, -0.05) is 11.6 Å². The highest BCUT2D eigenvalue weighted by Crippen LogP contribution is 2.22. The lowest BCUT2D eigenvalue weighted by Gasteiger charge is -2.18. The van der Waals surface area contributed by atoms with Gasteiger partial charge in [0.25, 0.3) is 0 Å². The van der Waals surface area contributed by atoms with Gasteiger partial charge in [0.1, 0.15) is 5.02 Å². The van der Waals surface area contributed by atoms with Gasteiger partial charge in [-0.25, -0.2) is 4.98 Å². The summed E-state index contributed by atoms with van der Waals surface area (Å²) in [5.41, 5.74) is 0. The van der Waals surface area contributed by atoms with Crippen LogP contribution in [0.4, 0.5) is 5.82 Å². The first-order valence-electron chi connectivity index (χ1n) is 4.61. The summed E-state index contributed by atoms with van der Waals surface area (Å²) in [6, 6.07) is 0.325. The number of hydrogen-bond donors (Lipinski definition) is 1. The lowest BCUT2D eigenvalue weighted by atomic mass is 10.5. The summed E-state index contributed by atoms with van der Waals surface area (Å²) in [6.07, 6.45) is 1.54. The van der Waals surface area contributed by atoms with Crippen LogP contribution in [0.2, 0.25) is 5.02 Å². The number of ether oxygens (including phenoxy) is 1. The van der Waals surface area contributed by atoms with E-state index in [1.165, 1.54) is 7.11 Å². The monoisotopic (exact) mass is 230 g/mol. The molecule has 0 radical (unpaired) electrons. The molecular formula is C9H15ClN4O. The summed E-state index contributed by atoms with van der Waals surface area (Å²) >= 11 is 5.98. The lowest BCUT2D eigenvalue weighted by molar-refractivity contribution is 0.380. The highest BCUT2D eigenvalue weighted by atomic mass is 35.5. The third-order valence-electron chi connectivity index (χ3n) is 1.94. The number of halogens is 1. The molecule has 5 nitrogen and oxygen atoms in total. The van der Waals surface area contributed by atoms with E-state index in [-0.39, 0.29) is 0 Å². The summed E-state index contributed by atoms with van der Waals surface area (Å²) in [5.74, 6) is 0.679. The zero-order valence-electron chi connectivity index (χ0n) is 9.12.